The number of anilines is 2. The van der Waals surface area contributed by atoms with Gasteiger partial charge in [-0.1, -0.05) is 45.0 Å². The summed E-state index contributed by atoms with van der Waals surface area (Å²) in [6.07, 6.45) is 1.85. The van der Waals surface area contributed by atoms with E-state index in [9.17, 15) is 13.8 Å². The van der Waals surface area contributed by atoms with E-state index in [0.717, 1.165) is 40.9 Å². The molecule has 4 rings (SSSR count). The van der Waals surface area contributed by atoms with E-state index in [2.05, 4.69) is 10.6 Å². The van der Waals surface area contributed by atoms with Crippen LogP contribution in [-0.2, 0) is 21.0 Å². The van der Waals surface area contributed by atoms with Crippen LogP contribution in [0.4, 0.5) is 16.2 Å². The summed E-state index contributed by atoms with van der Waals surface area (Å²) in [6.45, 7) is 6.38. The Morgan fingerprint density at radius 2 is 1.81 bits per heavy atom. The highest BCUT2D eigenvalue weighted by Crippen LogP contribution is 2.33. The van der Waals surface area contributed by atoms with E-state index in [4.69, 9.17) is 13.9 Å². The molecule has 1 saturated heterocycles. The first-order chi connectivity index (χ1) is 17.2. The molecule has 2 heterocycles. The molecule has 2 aromatic carbocycles. The van der Waals surface area contributed by atoms with Gasteiger partial charge in [0, 0.05) is 44.6 Å². The second-order valence-electron chi connectivity index (χ2n) is 9.93. The van der Waals surface area contributed by atoms with Crippen LogP contribution in [-0.4, -0.2) is 41.4 Å². The van der Waals surface area contributed by atoms with Gasteiger partial charge in [-0.3, -0.25) is 4.21 Å². The third kappa shape index (κ3) is 5.90. The normalized spacial score (nSPS) is 17.7. The van der Waals surface area contributed by atoms with Gasteiger partial charge in [0.05, 0.1) is 25.1 Å². The van der Waals surface area contributed by atoms with Crippen LogP contribution < -0.4 is 15.4 Å². The summed E-state index contributed by atoms with van der Waals surface area (Å²) in [7, 11) is 0.571. The van der Waals surface area contributed by atoms with Gasteiger partial charge >= 0.3 is 12.0 Å². The third-order valence-corrected chi connectivity index (χ3v) is 7.72. The maximum atomic E-state index is 12.9. The lowest BCUT2D eigenvalue weighted by molar-refractivity contribution is 0.0563. The van der Waals surface area contributed by atoms with E-state index < -0.39 is 22.8 Å². The van der Waals surface area contributed by atoms with Crippen LogP contribution in [0, 0.1) is 5.92 Å². The van der Waals surface area contributed by atoms with Crippen molar-refractivity contribution >= 4 is 44.9 Å². The molecule has 2 amide bonds. The van der Waals surface area contributed by atoms with Crippen molar-refractivity contribution in [1.29, 1.82) is 0 Å². The molecule has 1 aliphatic heterocycles. The lowest BCUT2D eigenvalue weighted by atomic mass is 9.93. The van der Waals surface area contributed by atoms with Gasteiger partial charge in [-0.15, -0.1) is 0 Å². The van der Waals surface area contributed by atoms with Crippen LogP contribution in [0.3, 0.4) is 0 Å². The van der Waals surface area contributed by atoms with Crippen molar-refractivity contribution in [2.24, 2.45) is 5.92 Å². The summed E-state index contributed by atoms with van der Waals surface area (Å²) in [5, 5.41) is 7.28. The number of urea groups is 1. The van der Waals surface area contributed by atoms with E-state index in [0.29, 0.717) is 24.0 Å². The minimum Gasteiger partial charge on any atom is -0.493 e. The molecule has 8 nitrogen and oxygen atoms in total. The molecular formula is C27H32N2O6S. The van der Waals surface area contributed by atoms with Crippen LogP contribution in [0.15, 0.2) is 46.9 Å². The zero-order valence-electron chi connectivity index (χ0n) is 21.0. The molecule has 0 spiro atoms. The summed E-state index contributed by atoms with van der Waals surface area (Å²) in [4.78, 5) is 25.1. The first-order valence-corrected chi connectivity index (χ1v) is 13.4. The minimum absolute atomic E-state index is 0.0581. The fraction of sp³-hybridized carbons (Fsp3) is 0.407. The first kappa shape index (κ1) is 25.8. The molecule has 2 unspecified atom stereocenters. The Kier molecular flexibility index (Phi) is 7.68. The quantitative estimate of drug-likeness (QED) is 0.394. The molecule has 1 fully saturated rings. The van der Waals surface area contributed by atoms with Crippen LogP contribution in [0.2, 0.25) is 0 Å². The molecule has 3 aromatic rings. The molecule has 36 heavy (non-hydrogen) atoms. The van der Waals surface area contributed by atoms with Crippen molar-refractivity contribution in [1.82, 2.24) is 0 Å². The Bertz CT molecular complexity index is 1290. The van der Waals surface area contributed by atoms with E-state index in [1.807, 2.05) is 51.1 Å². The SMILES string of the molecule is COC(=O)c1oc(C(C)(C)C)cc1NC(=O)Nc1ccc(OCCC2CCS(=O)C2)c2ccccc12. The number of furan rings is 1. The molecule has 1 aliphatic rings. The van der Waals surface area contributed by atoms with Crippen molar-refractivity contribution < 1.29 is 27.7 Å². The van der Waals surface area contributed by atoms with Crippen LogP contribution >= 0.6 is 0 Å². The number of ether oxygens (including phenoxy) is 2. The average molecular weight is 513 g/mol. The smallest absolute Gasteiger partial charge is 0.376 e. The van der Waals surface area contributed by atoms with Crippen LogP contribution in [0.1, 0.15) is 49.9 Å². The van der Waals surface area contributed by atoms with E-state index in [1.54, 1.807) is 12.1 Å². The number of methoxy groups -OCH3 is 1. The van der Waals surface area contributed by atoms with E-state index >= 15 is 0 Å². The standard InChI is InChI=1S/C27H32N2O6S/c1-27(2,3)23-15-21(24(35-23)25(30)33-4)29-26(31)28-20-9-10-22(19-8-6-5-7-18(19)20)34-13-11-17-12-14-36(32)16-17/h5-10,15,17H,11-14,16H2,1-4H3,(H2,28,29,31). The maximum Gasteiger partial charge on any atom is 0.376 e. The number of amides is 2. The number of esters is 1. The number of carbonyl (C=O) groups excluding carboxylic acids is 2. The highest BCUT2D eigenvalue weighted by molar-refractivity contribution is 7.85. The minimum atomic E-state index is -0.688. The van der Waals surface area contributed by atoms with E-state index in [-0.39, 0.29) is 16.9 Å². The van der Waals surface area contributed by atoms with Crippen LogP contribution in [0.5, 0.6) is 5.75 Å². The number of hydrogen-bond donors (Lipinski definition) is 2. The topological polar surface area (TPSA) is 107 Å². The number of fused-ring (bicyclic) bond motifs is 1. The second-order valence-corrected chi connectivity index (χ2v) is 11.6. The molecule has 9 heteroatoms. The predicted molar refractivity (Wildman–Crippen MR) is 141 cm³/mol. The molecule has 0 radical (unpaired) electrons. The monoisotopic (exact) mass is 512 g/mol. The van der Waals surface area contributed by atoms with Gasteiger partial charge in [-0.25, -0.2) is 9.59 Å². The van der Waals surface area contributed by atoms with Gasteiger partial charge in [0.1, 0.15) is 11.5 Å². The molecular weight excluding hydrogens is 480 g/mol. The van der Waals surface area contributed by atoms with Crippen molar-refractivity contribution in [3.8, 4) is 5.75 Å². The van der Waals surface area contributed by atoms with Crippen molar-refractivity contribution in [2.75, 3.05) is 35.9 Å². The Balaban J connectivity index is 1.49. The van der Waals surface area contributed by atoms with Crippen molar-refractivity contribution in [3.05, 3.63) is 54.0 Å². The summed E-state index contributed by atoms with van der Waals surface area (Å²) in [6, 6.07) is 12.4. The van der Waals surface area contributed by atoms with Gasteiger partial charge in [-0.05, 0) is 30.9 Å². The first-order valence-electron chi connectivity index (χ1n) is 12.0. The van der Waals surface area contributed by atoms with Crippen molar-refractivity contribution in [2.45, 2.75) is 39.0 Å². The summed E-state index contributed by atoms with van der Waals surface area (Å²) in [5.41, 5.74) is 0.474. The number of benzene rings is 2. The Morgan fingerprint density at radius 3 is 2.47 bits per heavy atom. The van der Waals surface area contributed by atoms with Gasteiger partial charge in [0.2, 0.25) is 5.76 Å². The zero-order valence-corrected chi connectivity index (χ0v) is 21.8. The van der Waals surface area contributed by atoms with E-state index in [1.165, 1.54) is 7.11 Å². The molecule has 2 N–H and O–H groups in total. The second kappa shape index (κ2) is 10.7. The number of hydrogen-bond acceptors (Lipinski definition) is 6. The predicted octanol–water partition coefficient (Wildman–Crippen LogP) is 5.70. The average Bonchev–Trinajstić information content (AvgIpc) is 3.46. The molecule has 2 atom stereocenters. The maximum absolute atomic E-state index is 12.9. The molecule has 1 aromatic heterocycles. The highest BCUT2D eigenvalue weighted by atomic mass is 32.2. The lowest BCUT2D eigenvalue weighted by Gasteiger charge is -2.15. The summed E-state index contributed by atoms with van der Waals surface area (Å²) < 4.78 is 28.2. The summed E-state index contributed by atoms with van der Waals surface area (Å²) in [5.74, 6) is 2.54. The van der Waals surface area contributed by atoms with Crippen LogP contribution in [0.25, 0.3) is 10.8 Å². The fourth-order valence-electron chi connectivity index (χ4n) is 4.17. The Labute approximate surface area is 213 Å². The highest BCUT2D eigenvalue weighted by Gasteiger charge is 2.27. The molecule has 0 bridgehead atoms. The number of rotatable bonds is 7. The van der Waals surface area contributed by atoms with Gasteiger partial charge in [-0.2, -0.15) is 0 Å². The molecule has 192 valence electrons. The van der Waals surface area contributed by atoms with Gasteiger partial charge < -0.3 is 24.5 Å². The Morgan fingerprint density at radius 1 is 1.08 bits per heavy atom. The fourth-order valence-corrected chi connectivity index (χ4v) is 5.79. The summed E-state index contributed by atoms with van der Waals surface area (Å²) >= 11 is 0. The zero-order chi connectivity index (χ0) is 25.9. The third-order valence-electron chi connectivity index (χ3n) is 6.18. The molecule has 0 aliphatic carbocycles. The number of carbonyl (C=O) groups is 2. The van der Waals surface area contributed by atoms with Crippen molar-refractivity contribution in [3.63, 3.8) is 0 Å². The Hall–Kier alpha value is -3.33. The largest absolute Gasteiger partial charge is 0.493 e. The lowest BCUT2D eigenvalue weighted by Crippen LogP contribution is -2.20. The number of nitrogens with one attached hydrogen (secondary N) is 2. The molecule has 0 saturated carbocycles. The van der Waals surface area contributed by atoms with Gasteiger partial charge in [0.15, 0.2) is 0 Å². The van der Waals surface area contributed by atoms with Gasteiger partial charge in [0.25, 0.3) is 0 Å².